The second-order valence-electron chi connectivity index (χ2n) is 6.31. The van der Waals surface area contributed by atoms with Gasteiger partial charge in [0.1, 0.15) is 18.2 Å². The third kappa shape index (κ3) is 4.81. The van der Waals surface area contributed by atoms with Crippen molar-refractivity contribution in [2.45, 2.75) is 20.1 Å². The van der Waals surface area contributed by atoms with Gasteiger partial charge in [0.25, 0.3) is 0 Å². The highest BCUT2D eigenvalue weighted by molar-refractivity contribution is 6.31. The standard InChI is InChI=1S/C22H19ClFNO3/c1-14-19(22(26)27)6-3-7-21(14)25-12-15-4-2-5-18(10-15)28-13-16-8-9-17(24)11-20(16)23/h2-11,25H,12-13H2,1H3,(H,26,27). The maximum atomic E-state index is 13.1. The molecular weight excluding hydrogens is 381 g/mol. The highest BCUT2D eigenvalue weighted by Crippen LogP contribution is 2.23. The fraction of sp³-hybridized carbons (Fsp3) is 0.136. The van der Waals surface area contributed by atoms with Gasteiger partial charge in [-0.05, 0) is 54.4 Å². The molecule has 0 saturated heterocycles. The molecule has 0 unspecified atom stereocenters. The fourth-order valence-electron chi connectivity index (χ4n) is 2.80. The van der Waals surface area contributed by atoms with E-state index in [1.807, 2.05) is 30.3 Å². The van der Waals surface area contributed by atoms with E-state index < -0.39 is 5.97 Å². The smallest absolute Gasteiger partial charge is 0.336 e. The van der Waals surface area contributed by atoms with Crippen LogP contribution in [0, 0.1) is 12.7 Å². The molecule has 2 N–H and O–H groups in total. The van der Waals surface area contributed by atoms with Gasteiger partial charge in [-0.15, -0.1) is 0 Å². The van der Waals surface area contributed by atoms with Gasteiger partial charge < -0.3 is 15.2 Å². The summed E-state index contributed by atoms with van der Waals surface area (Å²) in [4.78, 5) is 11.2. The minimum Gasteiger partial charge on any atom is -0.489 e. The van der Waals surface area contributed by atoms with E-state index in [9.17, 15) is 14.3 Å². The number of aromatic carboxylic acids is 1. The van der Waals surface area contributed by atoms with Crippen LogP contribution in [-0.2, 0) is 13.2 Å². The first-order chi connectivity index (χ1) is 13.4. The Hall–Kier alpha value is -3.05. The van der Waals surface area contributed by atoms with E-state index in [1.165, 1.54) is 12.1 Å². The molecule has 0 aliphatic heterocycles. The largest absolute Gasteiger partial charge is 0.489 e. The number of ether oxygens (including phenoxy) is 1. The van der Waals surface area contributed by atoms with Crippen molar-refractivity contribution in [1.82, 2.24) is 0 Å². The van der Waals surface area contributed by atoms with Crippen LogP contribution in [0.15, 0.2) is 60.7 Å². The molecule has 4 nitrogen and oxygen atoms in total. The zero-order chi connectivity index (χ0) is 20.1. The van der Waals surface area contributed by atoms with Gasteiger partial charge in [-0.1, -0.05) is 35.9 Å². The Labute approximate surface area is 167 Å². The summed E-state index contributed by atoms with van der Waals surface area (Å²) in [5, 5.41) is 12.8. The van der Waals surface area contributed by atoms with Crippen molar-refractivity contribution in [3.8, 4) is 5.75 Å². The molecule has 3 rings (SSSR count). The minimum atomic E-state index is -0.948. The zero-order valence-corrected chi connectivity index (χ0v) is 16.0. The molecule has 3 aromatic carbocycles. The van der Waals surface area contributed by atoms with E-state index in [4.69, 9.17) is 16.3 Å². The average Bonchev–Trinajstić information content (AvgIpc) is 2.66. The highest BCUT2D eigenvalue weighted by Gasteiger charge is 2.10. The lowest BCUT2D eigenvalue weighted by Gasteiger charge is -2.13. The molecule has 0 aromatic heterocycles. The number of carbonyl (C=O) groups is 1. The Morgan fingerprint density at radius 1 is 1.14 bits per heavy atom. The van der Waals surface area contributed by atoms with E-state index >= 15 is 0 Å². The van der Waals surface area contributed by atoms with Crippen LogP contribution in [0.4, 0.5) is 10.1 Å². The quantitative estimate of drug-likeness (QED) is 0.536. The molecule has 0 spiro atoms. The van der Waals surface area contributed by atoms with Crippen LogP contribution in [0.5, 0.6) is 5.75 Å². The molecule has 0 atom stereocenters. The van der Waals surface area contributed by atoms with Gasteiger partial charge in [-0.2, -0.15) is 0 Å². The van der Waals surface area contributed by atoms with Gasteiger partial charge in [0.15, 0.2) is 0 Å². The first-order valence-corrected chi connectivity index (χ1v) is 9.04. The third-order valence-corrected chi connectivity index (χ3v) is 4.71. The Morgan fingerprint density at radius 3 is 2.68 bits per heavy atom. The summed E-state index contributed by atoms with van der Waals surface area (Å²) in [6, 6.07) is 16.9. The van der Waals surface area contributed by atoms with Crippen molar-refractivity contribution in [3.63, 3.8) is 0 Å². The molecular formula is C22H19ClFNO3. The lowest BCUT2D eigenvalue weighted by atomic mass is 10.1. The highest BCUT2D eigenvalue weighted by atomic mass is 35.5. The maximum Gasteiger partial charge on any atom is 0.336 e. The van der Waals surface area contributed by atoms with Gasteiger partial charge in [0.2, 0.25) is 0 Å². The number of anilines is 1. The molecule has 3 aromatic rings. The first-order valence-electron chi connectivity index (χ1n) is 8.66. The van der Waals surface area contributed by atoms with Crippen LogP contribution in [0.2, 0.25) is 5.02 Å². The van der Waals surface area contributed by atoms with E-state index in [2.05, 4.69) is 5.32 Å². The van der Waals surface area contributed by atoms with Gasteiger partial charge in [-0.3, -0.25) is 0 Å². The number of nitrogens with one attached hydrogen (secondary N) is 1. The lowest BCUT2D eigenvalue weighted by molar-refractivity contribution is 0.0696. The fourth-order valence-corrected chi connectivity index (χ4v) is 3.02. The number of hydrogen-bond acceptors (Lipinski definition) is 3. The number of benzene rings is 3. The molecule has 0 bridgehead atoms. The van der Waals surface area contributed by atoms with Crippen molar-refractivity contribution in [3.05, 3.63) is 93.8 Å². The van der Waals surface area contributed by atoms with Gasteiger partial charge in [0.05, 0.1) is 10.6 Å². The third-order valence-electron chi connectivity index (χ3n) is 4.36. The molecule has 0 saturated carbocycles. The van der Waals surface area contributed by atoms with Crippen molar-refractivity contribution in [1.29, 1.82) is 0 Å². The summed E-state index contributed by atoms with van der Waals surface area (Å²) in [5.41, 5.74) is 3.41. The first kappa shape index (κ1) is 19.7. The van der Waals surface area contributed by atoms with Crippen LogP contribution in [0.1, 0.15) is 27.0 Å². The predicted octanol–water partition coefficient (Wildman–Crippen LogP) is 5.68. The van der Waals surface area contributed by atoms with E-state index in [0.717, 1.165) is 11.3 Å². The number of halogens is 2. The summed E-state index contributed by atoms with van der Waals surface area (Å²) < 4.78 is 18.9. The molecule has 144 valence electrons. The summed E-state index contributed by atoms with van der Waals surface area (Å²) in [6.07, 6.45) is 0. The molecule has 0 amide bonds. The molecule has 28 heavy (non-hydrogen) atoms. The normalized spacial score (nSPS) is 10.5. The second-order valence-corrected chi connectivity index (χ2v) is 6.72. The molecule has 0 fully saturated rings. The van der Waals surface area contributed by atoms with E-state index in [1.54, 1.807) is 25.1 Å². The monoisotopic (exact) mass is 399 g/mol. The number of rotatable bonds is 7. The summed E-state index contributed by atoms with van der Waals surface area (Å²) >= 11 is 6.02. The van der Waals surface area contributed by atoms with Crippen molar-refractivity contribution >= 4 is 23.3 Å². The lowest BCUT2D eigenvalue weighted by Crippen LogP contribution is -2.06. The van der Waals surface area contributed by atoms with Gasteiger partial charge in [-0.25, -0.2) is 9.18 Å². The Bertz CT molecular complexity index is 1010. The van der Waals surface area contributed by atoms with Crippen molar-refractivity contribution in [2.75, 3.05) is 5.32 Å². The van der Waals surface area contributed by atoms with Crippen LogP contribution >= 0.6 is 11.6 Å². The predicted molar refractivity (Wildman–Crippen MR) is 108 cm³/mol. The molecule has 0 aliphatic rings. The average molecular weight is 400 g/mol. The summed E-state index contributed by atoms with van der Waals surface area (Å²) in [6.45, 7) is 2.52. The van der Waals surface area contributed by atoms with Gasteiger partial charge >= 0.3 is 5.97 Å². The SMILES string of the molecule is Cc1c(NCc2cccc(OCc3ccc(F)cc3Cl)c2)cccc1C(=O)O. The Morgan fingerprint density at radius 2 is 1.93 bits per heavy atom. The van der Waals surface area contributed by atoms with Crippen molar-refractivity contribution in [2.24, 2.45) is 0 Å². The molecule has 0 heterocycles. The molecule has 0 radical (unpaired) electrons. The molecule has 6 heteroatoms. The van der Waals surface area contributed by atoms with Gasteiger partial charge in [0, 0.05) is 17.8 Å². The van der Waals surface area contributed by atoms with Crippen LogP contribution < -0.4 is 10.1 Å². The second kappa shape index (κ2) is 8.76. The number of carboxylic acid groups (broad SMARTS) is 1. The van der Waals surface area contributed by atoms with Crippen LogP contribution in [0.25, 0.3) is 0 Å². The van der Waals surface area contributed by atoms with Crippen molar-refractivity contribution < 1.29 is 19.0 Å². The number of carboxylic acids is 1. The van der Waals surface area contributed by atoms with E-state index in [0.29, 0.717) is 28.4 Å². The Balaban J connectivity index is 1.65. The Kier molecular flexibility index (Phi) is 6.16. The van der Waals surface area contributed by atoms with E-state index in [-0.39, 0.29) is 18.0 Å². The van der Waals surface area contributed by atoms with Crippen LogP contribution in [0.3, 0.4) is 0 Å². The minimum absolute atomic E-state index is 0.232. The topological polar surface area (TPSA) is 58.6 Å². The summed E-state index contributed by atoms with van der Waals surface area (Å²) in [7, 11) is 0. The number of hydrogen-bond donors (Lipinski definition) is 2. The van der Waals surface area contributed by atoms with Crippen LogP contribution in [-0.4, -0.2) is 11.1 Å². The zero-order valence-electron chi connectivity index (χ0n) is 15.2. The molecule has 0 aliphatic carbocycles. The summed E-state index contributed by atoms with van der Waals surface area (Å²) in [5.74, 6) is -0.671. The maximum absolute atomic E-state index is 13.1.